The van der Waals surface area contributed by atoms with Crippen molar-refractivity contribution in [1.29, 1.82) is 0 Å². The van der Waals surface area contributed by atoms with Crippen LogP contribution in [0.5, 0.6) is 0 Å². The van der Waals surface area contributed by atoms with Crippen LogP contribution in [0, 0.1) is 5.82 Å². The first-order valence-corrected chi connectivity index (χ1v) is 6.47. The van der Waals surface area contributed by atoms with E-state index >= 15 is 0 Å². The van der Waals surface area contributed by atoms with Crippen LogP contribution in [-0.2, 0) is 0 Å². The van der Waals surface area contributed by atoms with Crippen LogP contribution in [0.1, 0.15) is 13.3 Å². The summed E-state index contributed by atoms with van der Waals surface area (Å²) in [7, 11) is 0. The summed E-state index contributed by atoms with van der Waals surface area (Å²) in [4.78, 5) is 1.06. The van der Waals surface area contributed by atoms with Gasteiger partial charge in [0.1, 0.15) is 5.82 Å². The predicted octanol–water partition coefficient (Wildman–Crippen LogP) is 2.28. The minimum absolute atomic E-state index is 0.165. The van der Waals surface area contributed by atoms with Crippen molar-refractivity contribution in [3.63, 3.8) is 0 Å². The summed E-state index contributed by atoms with van der Waals surface area (Å²) in [5, 5.41) is 12.3. The van der Waals surface area contributed by atoms with Crippen molar-refractivity contribution in [1.82, 2.24) is 5.32 Å². The summed E-state index contributed by atoms with van der Waals surface area (Å²) >= 11 is 1.68. The Morgan fingerprint density at radius 2 is 2.06 bits per heavy atom. The van der Waals surface area contributed by atoms with Gasteiger partial charge in [-0.25, -0.2) is 4.39 Å². The SMILES string of the molecule is CCNC(CO)CCSc1ccc(F)cc1. The number of aliphatic hydroxyl groups excluding tert-OH is 1. The first-order chi connectivity index (χ1) is 7.76. The molecule has 1 atom stereocenters. The van der Waals surface area contributed by atoms with Crippen LogP contribution in [-0.4, -0.2) is 30.1 Å². The number of halogens is 1. The minimum atomic E-state index is -0.203. The second kappa shape index (κ2) is 7.65. The lowest BCUT2D eigenvalue weighted by molar-refractivity contribution is 0.242. The molecule has 2 nitrogen and oxygen atoms in total. The number of hydrogen-bond donors (Lipinski definition) is 2. The third-order valence-corrected chi connectivity index (χ3v) is 3.31. The highest BCUT2D eigenvalue weighted by molar-refractivity contribution is 7.99. The molecule has 0 bridgehead atoms. The Labute approximate surface area is 100 Å². The van der Waals surface area contributed by atoms with Crippen LogP contribution in [0.2, 0.25) is 0 Å². The average molecular weight is 243 g/mol. The van der Waals surface area contributed by atoms with Gasteiger partial charge in [-0.15, -0.1) is 11.8 Å². The van der Waals surface area contributed by atoms with Crippen molar-refractivity contribution in [2.24, 2.45) is 0 Å². The van der Waals surface area contributed by atoms with Crippen LogP contribution in [0.15, 0.2) is 29.2 Å². The molecule has 4 heteroatoms. The normalized spacial score (nSPS) is 12.7. The Balaban J connectivity index is 2.26. The van der Waals surface area contributed by atoms with E-state index in [-0.39, 0.29) is 18.5 Å². The lowest BCUT2D eigenvalue weighted by Gasteiger charge is -2.14. The van der Waals surface area contributed by atoms with E-state index in [1.807, 2.05) is 6.92 Å². The van der Waals surface area contributed by atoms with Gasteiger partial charge in [0.15, 0.2) is 0 Å². The van der Waals surface area contributed by atoms with E-state index in [4.69, 9.17) is 5.11 Å². The van der Waals surface area contributed by atoms with Crippen LogP contribution < -0.4 is 5.32 Å². The smallest absolute Gasteiger partial charge is 0.123 e. The van der Waals surface area contributed by atoms with Gasteiger partial charge in [-0.3, -0.25) is 0 Å². The summed E-state index contributed by atoms with van der Waals surface area (Å²) in [5.41, 5.74) is 0. The van der Waals surface area contributed by atoms with E-state index in [0.717, 1.165) is 23.6 Å². The molecule has 16 heavy (non-hydrogen) atoms. The van der Waals surface area contributed by atoms with Gasteiger partial charge in [0.2, 0.25) is 0 Å². The van der Waals surface area contributed by atoms with Crippen molar-refractivity contribution in [3.8, 4) is 0 Å². The molecular weight excluding hydrogens is 225 g/mol. The number of rotatable bonds is 7. The maximum atomic E-state index is 12.6. The van der Waals surface area contributed by atoms with Gasteiger partial charge >= 0.3 is 0 Å². The van der Waals surface area contributed by atoms with Gasteiger partial charge in [0.05, 0.1) is 6.61 Å². The van der Waals surface area contributed by atoms with E-state index in [1.165, 1.54) is 12.1 Å². The first kappa shape index (κ1) is 13.5. The lowest BCUT2D eigenvalue weighted by atomic mass is 10.2. The van der Waals surface area contributed by atoms with Crippen LogP contribution in [0.3, 0.4) is 0 Å². The predicted molar refractivity (Wildman–Crippen MR) is 66.3 cm³/mol. The van der Waals surface area contributed by atoms with Gasteiger partial charge in [-0.05, 0) is 43.0 Å². The van der Waals surface area contributed by atoms with Crippen molar-refractivity contribution < 1.29 is 9.50 Å². The molecule has 90 valence electrons. The second-order valence-electron chi connectivity index (χ2n) is 3.53. The van der Waals surface area contributed by atoms with Crippen molar-refractivity contribution in [2.75, 3.05) is 18.9 Å². The Kier molecular flexibility index (Phi) is 6.45. The number of likely N-dealkylation sites (N-methyl/N-ethyl adjacent to an activating group) is 1. The Morgan fingerprint density at radius 1 is 1.38 bits per heavy atom. The fraction of sp³-hybridized carbons (Fsp3) is 0.500. The molecule has 0 aromatic heterocycles. The number of nitrogens with one attached hydrogen (secondary N) is 1. The summed E-state index contributed by atoms with van der Waals surface area (Å²) in [6.07, 6.45) is 0.909. The molecule has 1 aromatic rings. The summed E-state index contributed by atoms with van der Waals surface area (Å²) in [6.45, 7) is 3.06. The number of hydrogen-bond acceptors (Lipinski definition) is 3. The van der Waals surface area contributed by atoms with E-state index in [1.54, 1.807) is 23.9 Å². The van der Waals surface area contributed by atoms with Gasteiger partial charge in [-0.2, -0.15) is 0 Å². The zero-order valence-electron chi connectivity index (χ0n) is 9.45. The molecule has 0 aliphatic carbocycles. The maximum Gasteiger partial charge on any atom is 0.123 e. The van der Waals surface area contributed by atoms with Gasteiger partial charge in [0, 0.05) is 10.9 Å². The summed E-state index contributed by atoms with van der Waals surface area (Å²) in [6, 6.07) is 6.66. The maximum absolute atomic E-state index is 12.6. The topological polar surface area (TPSA) is 32.3 Å². The molecule has 0 radical (unpaired) electrons. The summed E-state index contributed by atoms with van der Waals surface area (Å²) < 4.78 is 12.6. The van der Waals surface area contributed by atoms with Crippen molar-refractivity contribution >= 4 is 11.8 Å². The molecule has 0 amide bonds. The number of benzene rings is 1. The zero-order chi connectivity index (χ0) is 11.8. The third kappa shape index (κ3) is 4.96. The third-order valence-electron chi connectivity index (χ3n) is 2.26. The van der Waals surface area contributed by atoms with Crippen LogP contribution in [0.4, 0.5) is 4.39 Å². The molecule has 0 spiro atoms. The largest absolute Gasteiger partial charge is 0.395 e. The molecule has 1 rings (SSSR count). The molecule has 1 aromatic carbocycles. The Morgan fingerprint density at radius 3 is 2.62 bits per heavy atom. The van der Waals surface area contributed by atoms with Gasteiger partial charge in [0.25, 0.3) is 0 Å². The fourth-order valence-corrected chi connectivity index (χ4v) is 2.36. The lowest BCUT2D eigenvalue weighted by Crippen LogP contribution is -2.32. The first-order valence-electron chi connectivity index (χ1n) is 5.49. The molecule has 1 unspecified atom stereocenters. The van der Waals surface area contributed by atoms with Crippen LogP contribution >= 0.6 is 11.8 Å². The number of thioether (sulfide) groups is 1. The van der Waals surface area contributed by atoms with Gasteiger partial charge in [-0.1, -0.05) is 6.92 Å². The van der Waals surface area contributed by atoms with Crippen molar-refractivity contribution in [2.45, 2.75) is 24.3 Å². The van der Waals surface area contributed by atoms with Crippen LogP contribution in [0.25, 0.3) is 0 Å². The van der Waals surface area contributed by atoms with E-state index in [2.05, 4.69) is 5.32 Å². The van der Waals surface area contributed by atoms with E-state index in [9.17, 15) is 4.39 Å². The van der Waals surface area contributed by atoms with E-state index < -0.39 is 0 Å². The fourth-order valence-electron chi connectivity index (χ4n) is 1.40. The molecule has 0 saturated carbocycles. The van der Waals surface area contributed by atoms with Gasteiger partial charge < -0.3 is 10.4 Å². The average Bonchev–Trinajstić information content (AvgIpc) is 2.30. The molecule has 0 aliphatic heterocycles. The molecule has 0 aliphatic rings. The number of aliphatic hydroxyl groups is 1. The standard InChI is InChI=1S/C12H18FNOS/c1-2-14-11(9-15)7-8-16-12-5-3-10(13)4-6-12/h3-6,11,14-15H,2,7-9H2,1H3. The molecular formula is C12H18FNOS. The summed E-state index contributed by atoms with van der Waals surface area (Å²) in [5.74, 6) is 0.717. The Bertz CT molecular complexity index is 292. The molecule has 2 N–H and O–H groups in total. The monoisotopic (exact) mass is 243 g/mol. The Hall–Kier alpha value is -0.580. The quantitative estimate of drug-likeness (QED) is 0.721. The highest BCUT2D eigenvalue weighted by atomic mass is 32.2. The molecule has 0 saturated heterocycles. The van der Waals surface area contributed by atoms with E-state index in [0.29, 0.717) is 0 Å². The highest BCUT2D eigenvalue weighted by Crippen LogP contribution is 2.19. The van der Waals surface area contributed by atoms with Crippen molar-refractivity contribution in [3.05, 3.63) is 30.1 Å². The minimum Gasteiger partial charge on any atom is -0.395 e. The molecule has 0 heterocycles. The highest BCUT2D eigenvalue weighted by Gasteiger charge is 2.05. The zero-order valence-corrected chi connectivity index (χ0v) is 10.3. The second-order valence-corrected chi connectivity index (χ2v) is 4.70. The molecule has 0 fully saturated rings.